The van der Waals surface area contributed by atoms with E-state index in [-0.39, 0.29) is 24.0 Å². The number of morpholine rings is 1. The van der Waals surface area contributed by atoms with Gasteiger partial charge in [0.2, 0.25) is 0 Å². The molecule has 1 unspecified atom stereocenters. The van der Waals surface area contributed by atoms with E-state index in [1.807, 2.05) is 25.1 Å². The molecule has 0 aliphatic carbocycles. The summed E-state index contributed by atoms with van der Waals surface area (Å²) in [5.41, 5.74) is 2.07. The number of aryl methyl sites for hydroxylation is 1. The lowest BCUT2D eigenvalue weighted by Crippen LogP contribution is -2.46. The van der Waals surface area contributed by atoms with Gasteiger partial charge in [-0.1, -0.05) is 6.07 Å². The fourth-order valence-corrected chi connectivity index (χ4v) is 3.44. The molecule has 7 heteroatoms. The van der Waals surface area contributed by atoms with Crippen molar-refractivity contribution >= 4 is 29.9 Å². The van der Waals surface area contributed by atoms with Crippen molar-refractivity contribution in [2.75, 3.05) is 45.9 Å². The van der Waals surface area contributed by atoms with Crippen LogP contribution in [0.25, 0.3) is 0 Å². The largest absolute Gasteiger partial charge is 0.379 e. The fourth-order valence-electron chi connectivity index (χ4n) is 3.44. The molecule has 1 aromatic heterocycles. The first-order valence-electron chi connectivity index (χ1n) is 9.04. The Morgan fingerprint density at radius 3 is 2.84 bits per heavy atom. The van der Waals surface area contributed by atoms with Crippen LogP contribution < -0.4 is 5.32 Å². The monoisotopic (exact) mass is 459 g/mol. The fraction of sp³-hybridized carbons (Fsp3) is 0.667. The highest BCUT2D eigenvalue weighted by atomic mass is 127. The minimum Gasteiger partial charge on any atom is -0.379 e. The third-order valence-corrected chi connectivity index (χ3v) is 4.70. The van der Waals surface area contributed by atoms with E-state index in [1.165, 1.54) is 6.42 Å². The highest BCUT2D eigenvalue weighted by Crippen LogP contribution is 2.17. The Labute approximate surface area is 168 Å². The van der Waals surface area contributed by atoms with E-state index >= 15 is 0 Å². The Hall–Kier alpha value is -0.930. The Balaban J connectivity index is 0.00000225. The molecule has 2 saturated heterocycles. The molecule has 25 heavy (non-hydrogen) atoms. The van der Waals surface area contributed by atoms with Gasteiger partial charge in [-0.3, -0.25) is 9.88 Å². The zero-order valence-electron chi connectivity index (χ0n) is 15.3. The minimum atomic E-state index is 0. The maximum absolute atomic E-state index is 5.47. The molecule has 0 aromatic carbocycles. The summed E-state index contributed by atoms with van der Waals surface area (Å²) < 4.78 is 5.47. The molecule has 140 valence electrons. The Morgan fingerprint density at radius 2 is 2.12 bits per heavy atom. The Bertz CT molecular complexity index is 562. The second-order valence-electron chi connectivity index (χ2n) is 6.48. The van der Waals surface area contributed by atoms with Crippen LogP contribution in [-0.2, 0) is 11.3 Å². The van der Waals surface area contributed by atoms with E-state index < -0.39 is 0 Å². The van der Waals surface area contributed by atoms with Crippen molar-refractivity contribution < 1.29 is 4.74 Å². The van der Waals surface area contributed by atoms with Gasteiger partial charge in [0.15, 0.2) is 5.96 Å². The zero-order chi connectivity index (χ0) is 16.8. The summed E-state index contributed by atoms with van der Waals surface area (Å²) in [5.74, 6) is 1.01. The summed E-state index contributed by atoms with van der Waals surface area (Å²) in [4.78, 5) is 14.3. The van der Waals surface area contributed by atoms with Crippen LogP contribution >= 0.6 is 24.0 Å². The third kappa shape index (κ3) is 5.79. The van der Waals surface area contributed by atoms with Crippen LogP contribution in [0.15, 0.2) is 23.2 Å². The van der Waals surface area contributed by atoms with E-state index in [4.69, 9.17) is 9.73 Å². The van der Waals surface area contributed by atoms with Crippen molar-refractivity contribution in [1.29, 1.82) is 0 Å². The second kappa shape index (κ2) is 10.3. The maximum atomic E-state index is 5.47. The lowest BCUT2D eigenvalue weighted by Gasteiger charge is -2.32. The molecule has 6 nitrogen and oxygen atoms in total. The molecule has 2 aliphatic heterocycles. The summed E-state index contributed by atoms with van der Waals surface area (Å²) in [6.45, 7) is 11.6. The number of guanidine groups is 1. The lowest BCUT2D eigenvalue weighted by atomic mass is 10.2. The van der Waals surface area contributed by atoms with Crippen LogP contribution in [0.1, 0.15) is 24.7 Å². The van der Waals surface area contributed by atoms with Crippen LogP contribution in [-0.4, -0.2) is 72.7 Å². The number of nitrogens with one attached hydrogen (secondary N) is 1. The van der Waals surface area contributed by atoms with E-state index in [1.54, 1.807) is 0 Å². The van der Waals surface area contributed by atoms with Crippen molar-refractivity contribution in [3.8, 4) is 0 Å². The molecule has 0 saturated carbocycles. The second-order valence-corrected chi connectivity index (χ2v) is 6.48. The van der Waals surface area contributed by atoms with E-state index in [0.717, 1.165) is 63.3 Å². The summed E-state index contributed by atoms with van der Waals surface area (Å²) in [6.07, 6.45) is 1.20. The zero-order valence-corrected chi connectivity index (χ0v) is 17.6. The molecule has 3 rings (SSSR count). The van der Waals surface area contributed by atoms with Crippen molar-refractivity contribution in [3.05, 3.63) is 29.6 Å². The highest BCUT2D eigenvalue weighted by Gasteiger charge is 2.30. The molecule has 1 atom stereocenters. The smallest absolute Gasteiger partial charge is 0.194 e. The van der Waals surface area contributed by atoms with Gasteiger partial charge in [0.05, 0.1) is 25.5 Å². The van der Waals surface area contributed by atoms with Gasteiger partial charge in [-0.15, -0.1) is 24.0 Å². The Kier molecular flexibility index (Phi) is 8.38. The van der Waals surface area contributed by atoms with Gasteiger partial charge < -0.3 is 15.0 Å². The number of likely N-dealkylation sites (tertiary alicyclic amines) is 1. The number of ether oxygens (including phenoxy) is 1. The molecule has 1 N–H and O–H groups in total. The number of pyridine rings is 1. The van der Waals surface area contributed by atoms with Crippen molar-refractivity contribution in [2.24, 2.45) is 4.99 Å². The molecule has 2 fully saturated rings. The van der Waals surface area contributed by atoms with Crippen LogP contribution in [0.5, 0.6) is 0 Å². The van der Waals surface area contributed by atoms with Crippen LogP contribution in [0.3, 0.4) is 0 Å². The van der Waals surface area contributed by atoms with Crippen molar-refractivity contribution in [2.45, 2.75) is 32.9 Å². The van der Waals surface area contributed by atoms with Crippen LogP contribution in [0.4, 0.5) is 0 Å². The first-order chi connectivity index (χ1) is 11.8. The molecule has 2 aliphatic rings. The molecule has 3 heterocycles. The first kappa shape index (κ1) is 20.4. The van der Waals surface area contributed by atoms with Gasteiger partial charge in [0.1, 0.15) is 0 Å². The number of hydrogen-bond donors (Lipinski definition) is 1. The SMILES string of the molecule is CCNC(=NCc1cccc(C)n1)N1CCC(N2CCOCC2)C1.I. The first-order valence-corrected chi connectivity index (χ1v) is 9.04. The summed E-state index contributed by atoms with van der Waals surface area (Å²) >= 11 is 0. The quantitative estimate of drug-likeness (QED) is 0.424. The van der Waals surface area contributed by atoms with Gasteiger partial charge in [-0.2, -0.15) is 0 Å². The number of aliphatic imine (C=N–C) groups is 1. The number of nitrogens with zero attached hydrogens (tertiary/aromatic N) is 4. The molecule has 0 spiro atoms. The molecule has 0 radical (unpaired) electrons. The predicted molar refractivity (Wildman–Crippen MR) is 112 cm³/mol. The molecular weight excluding hydrogens is 429 g/mol. The van der Waals surface area contributed by atoms with E-state index in [0.29, 0.717) is 12.6 Å². The Morgan fingerprint density at radius 1 is 1.32 bits per heavy atom. The number of aromatic nitrogens is 1. The van der Waals surface area contributed by atoms with Crippen LogP contribution in [0.2, 0.25) is 0 Å². The predicted octanol–water partition coefficient (Wildman–Crippen LogP) is 1.88. The number of rotatable bonds is 4. The standard InChI is InChI=1S/C18H29N5O.HI/c1-3-19-18(20-13-16-6-4-5-15(2)21-16)23-8-7-17(14-23)22-9-11-24-12-10-22;/h4-6,17H,3,7-14H2,1-2H3,(H,19,20);1H. The van der Waals surface area contributed by atoms with Gasteiger partial charge in [-0.25, -0.2) is 4.99 Å². The average molecular weight is 459 g/mol. The maximum Gasteiger partial charge on any atom is 0.194 e. The summed E-state index contributed by atoms with van der Waals surface area (Å²) in [5, 5.41) is 3.44. The van der Waals surface area contributed by atoms with E-state index in [2.05, 4.69) is 27.0 Å². The minimum absolute atomic E-state index is 0. The molecule has 0 bridgehead atoms. The lowest BCUT2D eigenvalue weighted by molar-refractivity contribution is 0.0195. The molecule has 1 aromatic rings. The third-order valence-electron chi connectivity index (χ3n) is 4.70. The average Bonchev–Trinajstić information content (AvgIpc) is 3.09. The van der Waals surface area contributed by atoms with Gasteiger partial charge in [0, 0.05) is 44.5 Å². The summed E-state index contributed by atoms with van der Waals surface area (Å²) in [6, 6.07) is 6.73. The van der Waals surface area contributed by atoms with Gasteiger partial charge in [-0.05, 0) is 32.4 Å². The van der Waals surface area contributed by atoms with Crippen molar-refractivity contribution in [3.63, 3.8) is 0 Å². The normalized spacial score (nSPS) is 21.9. The topological polar surface area (TPSA) is 53.0 Å². The van der Waals surface area contributed by atoms with Crippen LogP contribution in [0, 0.1) is 6.92 Å². The number of hydrogen-bond acceptors (Lipinski definition) is 4. The molecule has 0 amide bonds. The van der Waals surface area contributed by atoms with E-state index in [9.17, 15) is 0 Å². The summed E-state index contributed by atoms with van der Waals surface area (Å²) in [7, 11) is 0. The number of halogens is 1. The highest BCUT2D eigenvalue weighted by molar-refractivity contribution is 14.0. The van der Waals surface area contributed by atoms with Crippen molar-refractivity contribution in [1.82, 2.24) is 20.1 Å². The van der Waals surface area contributed by atoms with Gasteiger partial charge >= 0.3 is 0 Å². The molecular formula is C18H30IN5O. The van der Waals surface area contributed by atoms with Gasteiger partial charge in [0.25, 0.3) is 0 Å².